The molecule has 0 fully saturated rings. The number of rotatable bonds is 3. The van der Waals surface area contributed by atoms with E-state index in [1.54, 1.807) is 0 Å². The predicted molar refractivity (Wildman–Crippen MR) is 85.8 cm³/mol. The van der Waals surface area contributed by atoms with Gasteiger partial charge in [-0.15, -0.1) is 0 Å². The molecule has 1 nitrogen and oxygen atoms in total. The Morgan fingerprint density at radius 1 is 0.900 bits per heavy atom. The molecule has 0 saturated carbocycles. The van der Waals surface area contributed by atoms with Crippen molar-refractivity contribution in [3.63, 3.8) is 0 Å². The van der Waals surface area contributed by atoms with E-state index in [0.29, 0.717) is 0 Å². The number of hydrogen-bond acceptors (Lipinski definition) is 1. The monoisotopic (exact) mass is 261 g/mol. The Kier molecular flexibility index (Phi) is 3.53. The van der Waals surface area contributed by atoms with Gasteiger partial charge in [0, 0.05) is 6.04 Å². The fourth-order valence-corrected chi connectivity index (χ4v) is 2.78. The van der Waals surface area contributed by atoms with E-state index in [0.717, 1.165) is 6.42 Å². The first-order valence-corrected chi connectivity index (χ1v) is 7.03. The molecule has 1 unspecified atom stereocenters. The van der Waals surface area contributed by atoms with Crippen molar-refractivity contribution in [1.82, 2.24) is 0 Å². The maximum atomic E-state index is 6.44. The minimum absolute atomic E-state index is 0.0305. The zero-order valence-electron chi connectivity index (χ0n) is 11.7. The van der Waals surface area contributed by atoms with Gasteiger partial charge in [-0.05, 0) is 35.2 Å². The van der Waals surface area contributed by atoms with Crippen molar-refractivity contribution >= 4 is 10.8 Å². The highest BCUT2D eigenvalue weighted by atomic mass is 14.6. The Labute approximate surface area is 120 Å². The quantitative estimate of drug-likeness (QED) is 0.743. The van der Waals surface area contributed by atoms with Crippen LogP contribution in [0.15, 0.2) is 66.7 Å². The van der Waals surface area contributed by atoms with E-state index in [1.165, 1.54) is 27.5 Å². The molecule has 0 aromatic heterocycles. The molecule has 100 valence electrons. The zero-order valence-corrected chi connectivity index (χ0v) is 11.7. The molecule has 1 heteroatoms. The first-order chi connectivity index (χ1) is 9.74. The lowest BCUT2D eigenvalue weighted by Crippen LogP contribution is -2.13. The maximum absolute atomic E-state index is 6.44. The van der Waals surface area contributed by atoms with Gasteiger partial charge in [0.2, 0.25) is 0 Å². The van der Waals surface area contributed by atoms with Crippen LogP contribution in [0, 0.1) is 6.92 Å². The summed E-state index contributed by atoms with van der Waals surface area (Å²) in [5.74, 6) is 0. The van der Waals surface area contributed by atoms with E-state index >= 15 is 0 Å². The largest absolute Gasteiger partial charge is 0.324 e. The van der Waals surface area contributed by atoms with E-state index in [-0.39, 0.29) is 6.04 Å². The first kappa shape index (κ1) is 12.9. The minimum atomic E-state index is 0.0305. The number of benzene rings is 3. The van der Waals surface area contributed by atoms with Crippen molar-refractivity contribution in [1.29, 1.82) is 0 Å². The summed E-state index contributed by atoms with van der Waals surface area (Å²) < 4.78 is 0. The third-order valence-electron chi connectivity index (χ3n) is 3.76. The summed E-state index contributed by atoms with van der Waals surface area (Å²) in [5.41, 5.74) is 10.3. The molecule has 0 saturated heterocycles. The summed E-state index contributed by atoms with van der Waals surface area (Å²) in [7, 11) is 0. The SMILES string of the molecule is Cc1cccc(CC(N)c2cccc3ccccc23)c1. The van der Waals surface area contributed by atoms with Gasteiger partial charge in [0.05, 0.1) is 0 Å². The molecule has 1 atom stereocenters. The second-order valence-corrected chi connectivity index (χ2v) is 5.37. The fraction of sp³-hybridized carbons (Fsp3) is 0.158. The molecule has 0 aliphatic rings. The molecule has 0 aliphatic heterocycles. The van der Waals surface area contributed by atoms with Crippen molar-refractivity contribution in [2.75, 3.05) is 0 Å². The van der Waals surface area contributed by atoms with Crippen LogP contribution in [0.4, 0.5) is 0 Å². The van der Waals surface area contributed by atoms with Gasteiger partial charge in [-0.25, -0.2) is 0 Å². The Bertz CT molecular complexity index is 725. The number of fused-ring (bicyclic) bond motifs is 1. The summed E-state index contributed by atoms with van der Waals surface area (Å²) in [6.45, 7) is 2.12. The van der Waals surface area contributed by atoms with Crippen molar-refractivity contribution in [2.45, 2.75) is 19.4 Å². The van der Waals surface area contributed by atoms with Crippen LogP contribution in [0.25, 0.3) is 10.8 Å². The van der Waals surface area contributed by atoms with Gasteiger partial charge in [-0.1, -0.05) is 72.3 Å². The fourth-order valence-electron chi connectivity index (χ4n) is 2.78. The highest BCUT2D eigenvalue weighted by molar-refractivity contribution is 5.86. The van der Waals surface area contributed by atoms with E-state index in [9.17, 15) is 0 Å². The molecular formula is C19H19N. The van der Waals surface area contributed by atoms with Crippen LogP contribution < -0.4 is 5.73 Å². The van der Waals surface area contributed by atoms with E-state index in [1.807, 2.05) is 0 Å². The highest BCUT2D eigenvalue weighted by Gasteiger charge is 2.10. The molecule has 2 N–H and O–H groups in total. The van der Waals surface area contributed by atoms with Gasteiger partial charge in [0.25, 0.3) is 0 Å². The predicted octanol–water partition coefficient (Wildman–Crippen LogP) is 4.39. The van der Waals surface area contributed by atoms with Gasteiger partial charge in [0.1, 0.15) is 0 Å². The van der Waals surface area contributed by atoms with E-state index < -0.39 is 0 Å². The van der Waals surface area contributed by atoms with Gasteiger partial charge >= 0.3 is 0 Å². The van der Waals surface area contributed by atoms with Crippen LogP contribution in [0.2, 0.25) is 0 Å². The van der Waals surface area contributed by atoms with Gasteiger partial charge < -0.3 is 5.73 Å². The smallest absolute Gasteiger partial charge is 0.0341 e. The van der Waals surface area contributed by atoms with Crippen molar-refractivity contribution in [3.05, 3.63) is 83.4 Å². The van der Waals surface area contributed by atoms with Crippen LogP contribution in [-0.2, 0) is 6.42 Å². The van der Waals surface area contributed by atoms with E-state index in [4.69, 9.17) is 5.73 Å². The number of nitrogens with two attached hydrogens (primary N) is 1. The van der Waals surface area contributed by atoms with Gasteiger partial charge in [-0.3, -0.25) is 0 Å². The maximum Gasteiger partial charge on any atom is 0.0341 e. The Hall–Kier alpha value is -2.12. The summed E-state index contributed by atoms with van der Waals surface area (Å²) in [6, 6.07) is 23.4. The normalized spacial score (nSPS) is 12.5. The third kappa shape index (κ3) is 2.59. The molecule has 3 aromatic rings. The second-order valence-electron chi connectivity index (χ2n) is 5.37. The van der Waals surface area contributed by atoms with Gasteiger partial charge in [0.15, 0.2) is 0 Å². The van der Waals surface area contributed by atoms with Crippen LogP contribution in [0.5, 0.6) is 0 Å². The van der Waals surface area contributed by atoms with Gasteiger partial charge in [-0.2, -0.15) is 0 Å². The summed E-state index contributed by atoms with van der Waals surface area (Å²) in [6.07, 6.45) is 0.871. The van der Waals surface area contributed by atoms with E-state index in [2.05, 4.69) is 73.7 Å². The first-order valence-electron chi connectivity index (χ1n) is 7.03. The summed E-state index contributed by atoms with van der Waals surface area (Å²) >= 11 is 0. The molecule has 0 amide bonds. The minimum Gasteiger partial charge on any atom is -0.324 e. The topological polar surface area (TPSA) is 26.0 Å². The standard InChI is InChI=1S/C19H19N/c1-14-6-4-7-15(12-14)13-19(20)18-11-5-9-16-8-2-3-10-17(16)18/h2-12,19H,13,20H2,1H3. The lowest BCUT2D eigenvalue weighted by atomic mass is 9.94. The third-order valence-corrected chi connectivity index (χ3v) is 3.76. The van der Waals surface area contributed by atoms with Crippen LogP contribution in [0.1, 0.15) is 22.7 Å². The number of aryl methyl sites for hydroxylation is 1. The zero-order chi connectivity index (χ0) is 13.9. The molecule has 3 aromatic carbocycles. The molecule has 20 heavy (non-hydrogen) atoms. The second kappa shape index (κ2) is 5.48. The van der Waals surface area contributed by atoms with Crippen LogP contribution in [-0.4, -0.2) is 0 Å². The average molecular weight is 261 g/mol. The molecule has 0 radical (unpaired) electrons. The molecule has 0 spiro atoms. The average Bonchev–Trinajstić information content (AvgIpc) is 2.46. The number of hydrogen-bond donors (Lipinski definition) is 1. The molecule has 0 aliphatic carbocycles. The van der Waals surface area contributed by atoms with Crippen LogP contribution >= 0.6 is 0 Å². The molecule has 3 rings (SSSR count). The van der Waals surface area contributed by atoms with Crippen molar-refractivity contribution in [2.24, 2.45) is 5.73 Å². The van der Waals surface area contributed by atoms with Crippen molar-refractivity contribution in [3.8, 4) is 0 Å². The lowest BCUT2D eigenvalue weighted by Gasteiger charge is -2.15. The molecule has 0 heterocycles. The molecular weight excluding hydrogens is 242 g/mol. The Morgan fingerprint density at radius 2 is 1.65 bits per heavy atom. The molecule has 0 bridgehead atoms. The van der Waals surface area contributed by atoms with Crippen LogP contribution in [0.3, 0.4) is 0 Å². The Morgan fingerprint density at radius 3 is 2.50 bits per heavy atom. The lowest BCUT2D eigenvalue weighted by molar-refractivity contribution is 0.727. The summed E-state index contributed by atoms with van der Waals surface area (Å²) in [5, 5.41) is 2.51. The summed E-state index contributed by atoms with van der Waals surface area (Å²) in [4.78, 5) is 0. The Balaban J connectivity index is 1.94. The highest BCUT2D eigenvalue weighted by Crippen LogP contribution is 2.25. The van der Waals surface area contributed by atoms with Crippen molar-refractivity contribution < 1.29 is 0 Å².